The third kappa shape index (κ3) is 5.24. The highest BCUT2D eigenvalue weighted by Gasteiger charge is 2.23. The molecule has 1 amide bonds. The summed E-state index contributed by atoms with van der Waals surface area (Å²) in [4.78, 5) is 21.3. The first kappa shape index (κ1) is 22.2. The van der Waals surface area contributed by atoms with E-state index in [9.17, 15) is 17.6 Å². The lowest BCUT2D eigenvalue weighted by atomic mass is 10.2. The van der Waals surface area contributed by atoms with E-state index >= 15 is 0 Å². The number of anilines is 1. The highest BCUT2D eigenvalue weighted by molar-refractivity contribution is 9.10. The number of aromatic nitrogens is 1. The molecule has 1 aliphatic rings. The summed E-state index contributed by atoms with van der Waals surface area (Å²) < 4.78 is 39.8. The standard InChI is InChI=1S/C21H21BrFN3O3S2/c22-15-3-8-18-19(14-15)30-21(24-18)26-11-9-25(10-12-26)20(27)2-1-13-31(28,29)17-6-4-16(23)5-7-17/h3-8,14H,1-2,9-13H2. The second kappa shape index (κ2) is 9.22. The number of amides is 1. The Kier molecular flexibility index (Phi) is 6.59. The van der Waals surface area contributed by atoms with Gasteiger partial charge < -0.3 is 9.80 Å². The number of nitrogens with zero attached hydrogens (tertiary/aromatic N) is 3. The highest BCUT2D eigenvalue weighted by atomic mass is 79.9. The molecule has 10 heteroatoms. The van der Waals surface area contributed by atoms with Crippen LogP contribution >= 0.6 is 27.3 Å². The maximum Gasteiger partial charge on any atom is 0.222 e. The Labute approximate surface area is 192 Å². The molecular formula is C21H21BrFN3O3S2. The van der Waals surface area contributed by atoms with Gasteiger partial charge in [-0.05, 0) is 48.9 Å². The van der Waals surface area contributed by atoms with Crippen molar-refractivity contribution in [3.63, 3.8) is 0 Å². The molecule has 0 bridgehead atoms. The molecular weight excluding hydrogens is 505 g/mol. The number of thiazole rings is 1. The first-order chi connectivity index (χ1) is 14.8. The third-order valence-electron chi connectivity index (χ3n) is 5.22. The number of piperazine rings is 1. The Morgan fingerprint density at radius 3 is 2.52 bits per heavy atom. The summed E-state index contributed by atoms with van der Waals surface area (Å²) in [5.41, 5.74) is 0.962. The summed E-state index contributed by atoms with van der Waals surface area (Å²) in [6, 6.07) is 10.8. The Morgan fingerprint density at radius 2 is 1.81 bits per heavy atom. The Balaban J connectivity index is 1.27. The minimum absolute atomic E-state index is 0.0396. The van der Waals surface area contributed by atoms with Gasteiger partial charge in [-0.1, -0.05) is 27.3 Å². The molecule has 0 N–H and O–H groups in total. The maximum atomic E-state index is 13.0. The first-order valence-electron chi connectivity index (χ1n) is 9.89. The van der Waals surface area contributed by atoms with Crippen LogP contribution in [0.1, 0.15) is 12.8 Å². The van der Waals surface area contributed by atoms with Crippen molar-refractivity contribution in [2.24, 2.45) is 0 Å². The minimum atomic E-state index is -3.52. The van der Waals surface area contributed by atoms with E-state index in [1.807, 2.05) is 12.1 Å². The SMILES string of the molecule is O=C(CCCS(=O)(=O)c1ccc(F)cc1)N1CCN(c2nc3ccc(Br)cc3s2)CC1. The largest absolute Gasteiger partial charge is 0.345 e. The summed E-state index contributed by atoms with van der Waals surface area (Å²) in [7, 11) is -3.52. The molecule has 0 unspecified atom stereocenters. The number of halogens is 2. The molecule has 0 radical (unpaired) electrons. The molecule has 0 spiro atoms. The van der Waals surface area contributed by atoms with Crippen molar-refractivity contribution in [3.05, 3.63) is 52.8 Å². The Bertz CT molecular complexity index is 1190. The molecule has 1 aliphatic heterocycles. The van der Waals surface area contributed by atoms with Crippen molar-refractivity contribution in [2.45, 2.75) is 17.7 Å². The van der Waals surface area contributed by atoms with E-state index in [-0.39, 0.29) is 29.4 Å². The zero-order valence-corrected chi connectivity index (χ0v) is 19.8. The minimum Gasteiger partial charge on any atom is -0.345 e. The van der Waals surface area contributed by atoms with Gasteiger partial charge in [0.15, 0.2) is 15.0 Å². The van der Waals surface area contributed by atoms with Gasteiger partial charge in [-0.25, -0.2) is 17.8 Å². The Morgan fingerprint density at radius 1 is 1.10 bits per heavy atom. The first-order valence-corrected chi connectivity index (χ1v) is 13.2. The van der Waals surface area contributed by atoms with Gasteiger partial charge in [0.2, 0.25) is 5.91 Å². The number of sulfone groups is 1. The molecule has 4 rings (SSSR count). The predicted molar refractivity (Wildman–Crippen MR) is 124 cm³/mol. The lowest BCUT2D eigenvalue weighted by molar-refractivity contribution is -0.131. The van der Waals surface area contributed by atoms with Gasteiger partial charge >= 0.3 is 0 Å². The number of hydrogen-bond acceptors (Lipinski definition) is 6. The average molecular weight is 526 g/mol. The summed E-state index contributed by atoms with van der Waals surface area (Å²) >= 11 is 5.11. The topological polar surface area (TPSA) is 70.6 Å². The van der Waals surface area contributed by atoms with Crippen LogP contribution in [0.5, 0.6) is 0 Å². The average Bonchev–Trinajstić information content (AvgIpc) is 3.17. The number of benzene rings is 2. The fraction of sp³-hybridized carbons (Fsp3) is 0.333. The van der Waals surface area contributed by atoms with Crippen LogP contribution < -0.4 is 4.90 Å². The van der Waals surface area contributed by atoms with Gasteiger partial charge in [0.05, 0.1) is 20.9 Å². The van der Waals surface area contributed by atoms with Crippen LogP contribution in [0.4, 0.5) is 9.52 Å². The van der Waals surface area contributed by atoms with Gasteiger partial charge in [-0.15, -0.1) is 0 Å². The molecule has 1 fully saturated rings. The van der Waals surface area contributed by atoms with Gasteiger partial charge in [-0.2, -0.15) is 0 Å². The third-order valence-corrected chi connectivity index (χ3v) is 8.61. The lowest BCUT2D eigenvalue weighted by Gasteiger charge is -2.34. The molecule has 0 aliphatic carbocycles. The normalized spacial score (nSPS) is 14.9. The molecule has 6 nitrogen and oxygen atoms in total. The van der Waals surface area contributed by atoms with Crippen LogP contribution in [0.2, 0.25) is 0 Å². The molecule has 0 saturated carbocycles. The van der Waals surface area contributed by atoms with E-state index in [0.717, 1.165) is 32.0 Å². The van der Waals surface area contributed by atoms with Crippen LogP contribution in [-0.4, -0.2) is 56.1 Å². The molecule has 3 aromatic rings. The fourth-order valence-electron chi connectivity index (χ4n) is 3.50. The van der Waals surface area contributed by atoms with Crippen LogP contribution in [0.25, 0.3) is 10.2 Å². The second-order valence-corrected chi connectivity index (χ2v) is 11.4. The molecule has 2 heterocycles. The van der Waals surface area contributed by atoms with Gasteiger partial charge in [0, 0.05) is 37.1 Å². The van der Waals surface area contributed by atoms with Crippen LogP contribution in [0, 0.1) is 5.82 Å². The summed E-state index contributed by atoms with van der Waals surface area (Å²) in [6.45, 7) is 2.56. The summed E-state index contributed by atoms with van der Waals surface area (Å²) in [6.07, 6.45) is 0.418. The molecule has 1 aromatic heterocycles. The van der Waals surface area contributed by atoms with E-state index < -0.39 is 15.7 Å². The number of carbonyl (C=O) groups is 1. The summed E-state index contributed by atoms with van der Waals surface area (Å²) in [5, 5.41) is 0.950. The molecule has 2 aromatic carbocycles. The Hall–Kier alpha value is -2.04. The highest BCUT2D eigenvalue weighted by Crippen LogP contribution is 2.31. The van der Waals surface area contributed by atoms with E-state index in [0.29, 0.717) is 26.2 Å². The lowest BCUT2D eigenvalue weighted by Crippen LogP contribution is -2.48. The fourth-order valence-corrected chi connectivity index (χ4v) is 6.38. The second-order valence-electron chi connectivity index (χ2n) is 7.35. The van der Waals surface area contributed by atoms with Crippen molar-refractivity contribution < 1.29 is 17.6 Å². The number of hydrogen-bond donors (Lipinski definition) is 0. The predicted octanol–water partition coefficient (Wildman–Crippen LogP) is 4.10. The number of fused-ring (bicyclic) bond motifs is 1. The van der Waals surface area contributed by atoms with Crippen molar-refractivity contribution in [2.75, 3.05) is 36.8 Å². The molecule has 164 valence electrons. The van der Waals surface area contributed by atoms with Gasteiger partial charge in [-0.3, -0.25) is 4.79 Å². The van der Waals surface area contributed by atoms with E-state index in [4.69, 9.17) is 0 Å². The summed E-state index contributed by atoms with van der Waals surface area (Å²) in [5.74, 6) is -0.653. The van der Waals surface area contributed by atoms with Crippen molar-refractivity contribution >= 4 is 58.4 Å². The monoisotopic (exact) mass is 525 g/mol. The zero-order valence-electron chi connectivity index (χ0n) is 16.6. The van der Waals surface area contributed by atoms with E-state index in [1.54, 1.807) is 16.2 Å². The van der Waals surface area contributed by atoms with Crippen molar-refractivity contribution in [3.8, 4) is 0 Å². The van der Waals surface area contributed by atoms with Gasteiger partial charge in [0.1, 0.15) is 5.82 Å². The van der Waals surface area contributed by atoms with Crippen molar-refractivity contribution in [1.29, 1.82) is 0 Å². The number of rotatable bonds is 6. The molecule has 1 saturated heterocycles. The quantitative estimate of drug-likeness (QED) is 0.453. The van der Waals surface area contributed by atoms with Crippen LogP contribution in [0.3, 0.4) is 0 Å². The van der Waals surface area contributed by atoms with Crippen LogP contribution in [0.15, 0.2) is 51.8 Å². The van der Waals surface area contributed by atoms with E-state index in [1.165, 1.54) is 12.1 Å². The maximum absolute atomic E-state index is 13.0. The molecule has 31 heavy (non-hydrogen) atoms. The zero-order chi connectivity index (χ0) is 22.0. The number of carbonyl (C=O) groups excluding carboxylic acids is 1. The van der Waals surface area contributed by atoms with E-state index in [2.05, 4.69) is 31.9 Å². The smallest absolute Gasteiger partial charge is 0.222 e. The van der Waals surface area contributed by atoms with Gasteiger partial charge in [0.25, 0.3) is 0 Å². The van der Waals surface area contributed by atoms with Crippen molar-refractivity contribution in [1.82, 2.24) is 9.88 Å². The van der Waals surface area contributed by atoms with Crippen LogP contribution in [-0.2, 0) is 14.6 Å². The molecule has 0 atom stereocenters.